The van der Waals surface area contributed by atoms with E-state index in [0.29, 0.717) is 36.5 Å². The molecule has 1 unspecified atom stereocenters. The second-order valence-corrected chi connectivity index (χ2v) is 6.27. The van der Waals surface area contributed by atoms with Crippen LogP contribution in [0.3, 0.4) is 0 Å². The molecule has 25 heavy (non-hydrogen) atoms. The number of anilines is 2. The molecule has 0 aromatic carbocycles. The predicted molar refractivity (Wildman–Crippen MR) is 90.2 cm³/mol. The zero-order chi connectivity index (χ0) is 18.0. The van der Waals surface area contributed by atoms with E-state index >= 15 is 0 Å². The summed E-state index contributed by atoms with van der Waals surface area (Å²) < 4.78 is 10.4. The first kappa shape index (κ1) is 17.1. The van der Waals surface area contributed by atoms with Gasteiger partial charge in [0.1, 0.15) is 18.5 Å². The maximum atomic E-state index is 12.1. The molecule has 3 rings (SSSR count). The molecule has 0 saturated carbocycles. The van der Waals surface area contributed by atoms with Gasteiger partial charge < -0.3 is 14.6 Å². The minimum atomic E-state index is -0.388. The van der Waals surface area contributed by atoms with Gasteiger partial charge in [-0.1, -0.05) is 25.9 Å². The number of aromatic nitrogens is 4. The van der Waals surface area contributed by atoms with Crippen molar-refractivity contribution in [3.05, 3.63) is 24.0 Å². The first-order valence-electron chi connectivity index (χ1n) is 8.37. The molecule has 9 nitrogen and oxygen atoms in total. The highest BCUT2D eigenvalue weighted by molar-refractivity contribution is 5.89. The van der Waals surface area contributed by atoms with Gasteiger partial charge >= 0.3 is 6.09 Å². The Morgan fingerprint density at radius 3 is 2.84 bits per heavy atom. The number of ether oxygens (including phenoxy) is 1. The van der Waals surface area contributed by atoms with Crippen LogP contribution in [0.1, 0.15) is 45.5 Å². The van der Waals surface area contributed by atoms with Crippen molar-refractivity contribution >= 4 is 17.9 Å². The largest absolute Gasteiger partial charge is 0.447 e. The summed E-state index contributed by atoms with van der Waals surface area (Å²) >= 11 is 0. The number of nitrogens with zero attached hydrogens (tertiary/aromatic N) is 5. The van der Waals surface area contributed by atoms with Crippen molar-refractivity contribution in [2.75, 3.05) is 16.8 Å². The maximum absolute atomic E-state index is 12.1. The molecular weight excluding hydrogens is 324 g/mol. The van der Waals surface area contributed by atoms with Crippen molar-refractivity contribution < 1.29 is 14.1 Å². The Morgan fingerprint density at radius 1 is 1.36 bits per heavy atom. The third-order valence-electron chi connectivity index (χ3n) is 4.08. The second kappa shape index (κ2) is 7.04. The van der Waals surface area contributed by atoms with Crippen LogP contribution in [0.4, 0.5) is 16.6 Å². The lowest BCUT2D eigenvalue weighted by Crippen LogP contribution is -2.37. The number of carbonyl (C=O) groups excluding carboxylic acids is 1. The summed E-state index contributed by atoms with van der Waals surface area (Å²) in [5.41, 5.74) is 0. The van der Waals surface area contributed by atoms with Crippen LogP contribution in [-0.4, -0.2) is 38.9 Å². The summed E-state index contributed by atoms with van der Waals surface area (Å²) in [7, 11) is 0. The fourth-order valence-electron chi connectivity index (χ4n) is 2.59. The molecule has 1 saturated heterocycles. The average Bonchev–Trinajstić information content (AvgIpc) is 3.21. The molecule has 1 aliphatic rings. The number of nitrogens with one attached hydrogen (secondary N) is 1. The minimum absolute atomic E-state index is 0.0456. The van der Waals surface area contributed by atoms with Gasteiger partial charge in [0.05, 0.1) is 6.04 Å². The number of hydrogen-bond acceptors (Lipinski definition) is 8. The number of amides is 1. The van der Waals surface area contributed by atoms with E-state index in [2.05, 4.69) is 25.4 Å². The highest BCUT2D eigenvalue weighted by atomic mass is 16.6. The smallest absolute Gasteiger partial charge is 0.415 e. The van der Waals surface area contributed by atoms with E-state index in [9.17, 15) is 4.79 Å². The van der Waals surface area contributed by atoms with E-state index in [1.54, 1.807) is 17.2 Å². The Bertz CT molecular complexity index is 747. The predicted octanol–water partition coefficient (Wildman–Crippen LogP) is 2.58. The molecule has 1 aliphatic heterocycles. The fourth-order valence-corrected chi connectivity index (χ4v) is 2.59. The molecule has 2 aromatic rings. The van der Waals surface area contributed by atoms with Crippen LogP contribution < -0.4 is 10.2 Å². The molecule has 0 radical (unpaired) electrons. The maximum Gasteiger partial charge on any atom is 0.415 e. The van der Waals surface area contributed by atoms with Crippen molar-refractivity contribution in [1.82, 2.24) is 20.1 Å². The lowest BCUT2D eigenvalue weighted by atomic mass is 10.0. The zero-order valence-electron chi connectivity index (χ0n) is 14.8. The van der Waals surface area contributed by atoms with Crippen molar-refractivity contribution in [3.63, 3.8) is 0 Å². The second-order valence-electron chi connectivity index (χ2n) is 6.27. The molecule has 1 N–H and O–H groups in total. The van der Waals surface area contributed by atoms with Gasteiger partial charge in [-0.15, -0.1) is 0 Å². The molecule has 134 valence electrons. The highest BCUT2D eigenvalue weighted by Gasteiger charge is 2.37. The molecule has 2 atom stereocenters. The zero-order valence-corrected chi connectivity index (χ0v) is 14.8. The standard InChI is InChI=1S/C16H22N6O3/c1-5-12-19-14(25-21-12)10(4)18-15-17-7-6-13(20-15)22-11(9(2)3)8-24-16(22)23/h6-7,9-11H,5,8H2,1-4H3,(H,17,18,20)/t10-,11?/m1/s1. The van der Waals surface area contributed by atoms with Crippen LogP contribution in [0.5, 0.6) is 0 Å². The summed E-state index contributed by atoms with van der Waals surface area (Å²) in [6, 6.07) is 1.39. The monoisotopic (exact) mass is 346 g/mol. The lowest BCUT2D eigenvalue weighted by molar-refractivity contribution is 0.177. The Morgan fingerprint density at radius 2 is 2.16 bits per heavy atom. The van der Waals surface area contributed by atoms with Gasteiger partial charge in [-0.2, -0.15) is 9.97 Å². The summed E-state index contributed by atoms with van der Waals surface area (Å²) in [6.45, 7) is 8.29. The van der Waals surface area contributed by atoms with Crippen molar-refractivity contribution in [3.8, 4) is 0 Å². The molecule has 0 aliphatic carbocycles. The van der Waals surface area contributed by atoms with Gasteiger partial charge in [-0.3, -0.25) is 4.90 Å². The first-order valence-corrected chi connectivity index (χ1v) is 8.37. The van der Waals surface area contributed by atoms with Gasteiger partial charge in [0.25, 0.3) is 0 Å². The van der Waals surface area contributed by atoms with Crippen molar-refractivity contribution in [2.24, 2.45) is 5.92 Å². The van der Waals surface area contributed by atoms with E-state index in [1.165, 1.54) is 0 Å². The van der Waals surface area contributed by atoms with Gasteiger partial charge in [-0.05, 0) is 18.9 Å². The molecule has 1 amide bonds. The minimum Gasteiger partial charge on any atom is -0.447 e. The van der Waals surface area contributed by atoms with E-state index in [0.717, 1.165) is 0 Å². The van der Waals surface area contributed by atoms with Gasteiger partial charge in [0.2, 0.25) is 11.8 Å². The normalized spacial score (nSPS) is 18.5. The average molecular weight is 346 g/mol. The number of carbonyl (C=O) groups is 1. The summed E-state index contributed by atoms with van der Waals surface area (Å²) in [5, 5.41) is 7.00. The Kier molecular flexibility index (Phi) is 4.82. The van der Waals surface area contributed by atoms with Crippen LogP contribution in [0.15, 0.2) is 16.8 Å². The van der Waals surface area contributed by atoms with Crippen LogP contribution in [-0.2, 0) is 11.2 Å². The topological polar surface area (TPSA) is 106 Å². The number of aryl methyl sites for hydroxylation is 1. The third kappa shape index (κ3) is 3.54. The lowest BCUT2D eigenvalue weighted by Gasteiger charge is -2.23. The Labute approximate surface area is 145 Å². The van der Waals surface area contributed by atoms with Crippen LogP contribution in [0, 0.1) is 5.92 Å². The van der Waals surface area contributed by atoms with Crippen LogP contribution in [0.2, 0.25) is 0 Å². The van der Waals surface area contributed by atoms with E-state index in [-0.39, 0.29) is 24.1 Å². The molecule has 3 heterocycles. The first-order chi connectivity index (χ1) is 12.0. The summed E-state index contributed by atoms with van der Waals surface area (Å²) in [6.07, 6.45) is 1.92. The van der Waals surface area contributed by atoms with Crippen LogP contribution >= 0.6 is 0 Å². The van der Waals surface area contributed by atoms with E-state index < -0.39 is 0 Å². The summed E-state index contributed by atoms with van der Waals surface area (Å²) in [4.78, 5) is 26.6. The molecule has 0 bridgehead atoms. The highest BCUT2D eigenvalue weighted by Crippen LogP contribution is 2.26. The molecule has 0 spiro atoms. The molecule has 1 fully saturated rings. The summed E-state index contributed by atoms with van der Waals surface area (Å²) in [5.74, 6) is 2.25. The van der Waals surface area contributed by atoms with Gasteiger partial charge in [-0.25, -0.2) is 9.78 Å². The molecule has 9 heteroatoms. The number of cyclic esters (lactones) is 1. The number of rotatable bonds is 6. The van der Waals surface area contributed by atoms with Gasteiger partial charge in [0, 0.05) is 12.6 Å². The van der Waals surface area contributed by atoms with Crippen molar-refractivity contribution in [2.45, 2.75) is 46.2 Å². The third-order valence-corrected chi connectivity index (χ3v) is 4.08. The van der Waals surface area contributed by atoms with Crippen molar-refractivity contribution in [1.29, 1.82) is 0 Å². The van der Waals surface area contributed by atoms with E-state index in [1.807, 2.05) is 27.7 Å². The quantitative estimate of drug-likeness (QED) is 0.850. The molecule has 2 aromatic heterocycles. The van der Waals surface area contributed by atoms with Crippen LogP contribution in [0.25, 0.3) is 0 Å². The van der Waals surface area contributed by atoms with E-state index in [4.69, 9.17) is 9.26 Å². The molecular formula is C16H22N6O3. The Hall–Kier alpha value is -2.71. The fraction of sp³-hybridized carbons (Fsp3) is 0.562. The SMILES string of the molecule is CCc1noc([C@@H](C)Nc2nccc(N3C(=O)OCC3C(C)C)n2)n1. The Balaban J connectivity index is 1.78. The number of hydrogen-bond donors (Lipinski definition) is 1. The van der Waals surface area contributed by atoms with Gasteiger partial charge in [0.15, 0.2) is 5.82 Å².